The average Bonchev–Trinajstić information content (AvgIpc) is 3.37. The number of aryl methyl sites for hydroxylation is 1. The van der Waals surface area contributed by atoms with Gasteiger partial charge in [-0.05, 0) is 35.7 Å². The fourth-order valence-electron chi connectivity index (χ4n) is 5.14. The lowest BCUT2D eigenvalue weighted by Gasteiger charge is -2.35. The summed E-state index contributed by atoms with van der Waals surface area (Å²) in [7, 11) is 0. The molecule has 5 rings (SSSR count). The van der Waals surface area contributed by atoms with E-state index >= 15 is 0 Å². The Morgan fingerprint density at radius 3 is 2.51 bits per heavy atom. The first kappa shape index (κ1) is 26.7. The van der Waals surface area contributed by atoms with E-state index in [1.54, 1.807) is 12.3 Å². The van der Waals surface area contributed by atoms with E-state index < -0.39 is 17.7 Å². The quantitative estimate of drug-likeness (QED) is 0.291. The van der Waals surface area contributed by atoms with Gasteiger partial charge in [0.25, 0.3) is 0 Å². The van der Waals surface area contributed by atoms with Crippen LogP contribution in [-0.2, 0) is 11.0 Å². The summed E-state index contributed by atoms with van der Waals surface area (Å²) in [5.74, 6) is -0.636. The fourth-order valence-corrected chi connectivity index (χ4v) is 5.14. The molecule has 0 saturated carbocycles. The fraction of sp³-hybridized carbons (Fsp3) is 0.290. The Balaban J connectivity index is 1.32. The molecule has 8 heteroatoms. The number of piperazine rings is 1. The molecule has 1 fully saturated rings. The number of hydrogen-bond donors (Lipinski definition) is 0. The standard InChI is InChI=1S/C31H31F3N4O/c1-23-8-6-15-38-28(22-35-30(23)38)27(25-12-5-13-26(20-25)31(32,33)34)21-29(39)37-18-16-36(17-19-37)14-7-11-24-9-3-2-4-10-24/h2-13,15,20,22,27H,14,16-19,21H2,1H3. The Labute approximate surface area is 226 Å². The Kier molecular flexibility index (Phi) is 7.84. The minimum absolute atomic E-state index is 0.0664. The van der Waals surface area contributed by atoms with Gasteiger partial charge < -0.3 is 9.30 Å². The number of rotatable bonds is 7. The van der Waals surface area contributed by atoms with Gasteiger partial charge in [0.15, 0.2) is 0 Å². The Bertz CT molecular complexity index is 1450. The van der Waals surface area contributed by atoms with Gasteiger partial charge >= 0.3 is 6.18 Å². The molecule has 2 aromatic carbocycles. The van der Waals surface area contributed by atoms with Crippen molar-refractivity contribution in [3.63, 3.8) is 0 Å². The summed E-state index contributed by atoms with van der Waals surface area (Å²) in [4.78, 5) is 22.1. The second kappa shape index (κ2) is 11.5. The average molecular weight is 533 g/mol. The zero-order chi connectivity index (χ0) is 27.4. The molecule has 1 atom stereocenters. The molecule has 0 bridgehead atoms. The molecule has 0 spiro atoms. The summed E-state index contributed by atoms with van der Waals surface area (Å²) in [5.41, 5.74) is 3.26. The van der Waals surface area contributed by atoms with Crippen molar-refractivity contribution in [2.24, 2.45) is 0 Å². The van der Waals surface area contributed by atoms with Crippen LogP contribution in [0.15, 0.2) is 85.2 Å². The van der Waals surface area contributed by atoms with Crippen LogP contribution in [0.4, 0.5) is 13.2 Å². The summed E-state index contributed by atoms with van der Waals surface area (Å²) in [6.45, 7) is 5.39. The molecule has 4 aromatic rings. The molecule has 1 saturated heterocycles. The van der Waals surface area contributed by atoms with Gasteiger partial charge in [0.1, 0.15) is 5.65 Å². The highest BCUT2D eigenvalue weighted by atomic mass is 19.4. The summed E-state index contributed by atoms with van der Waals surface area (Å²) in [6, 6.07) is 19.2. The number of aromatic nitrogens is 2. The number of carbonyl (C=O) groups is 1. The predicted octanol–water partition coefficient (Wildman–Crippen LogP) is 6.04. The normalized spacial score (nSPS) is 15.7. The van der Waals surface area contributed by atoms with Crippen LogP contribution < -0.4 is 0 Å². The molecule has 3 heterocycles. The van der Waals surface area contributed by atoms with E-state index in [1.807, 2.05) is 52.8 Å². The Morgan fingerprint density at radius 2 is 1.77 bits per heavy atom. The van der Waals surface area contributed by atoms with E-state index in [0.717, 1.165) is 48.5 Å². The highest BCUT2D eigenvalue weighted by Gasteiger charge is 2.32. The van der Waals surface area contributed by atoms with Crippen LogP contribution in [0.1, 0.15) is 40.3 Å². The zero-order valence-corrected chi connectivity index (χ0v) is 21.8. The van der Waals surface area contributed by atoms with Gasteiger partial charge in [-0.3, -0.25) is 9.69 Å². The molecule has 5 nitrogen and oxygen atoms in total. The van der Waals surface area contributed by atoms with Crippen molar-refractivity contribution in [2.45, 2.75) is 25.4 Å². The summed E-state index contributed by atoms with van der Waals surface area (Å²) in [5, 5.41) is 0. The first-order valence-electron chi connectivity index (χ1n) is 13.1. The number of hydrogen-bond acceptors (Lipinski definition) is 3. The van der Waals surface area contributed by atoms with Gasteiger partial charge in [0, 0.05) is 57.5 Å². The maximum atomic E-state index is 13.6. The first-order chi connectivity index (χ1) is 18.8. The van der Waals surface area contributed by atoms with Gasteiger partial charge in [-0.2, -0.15) is 13.2 Å². The third-order valence-electron chi connectivity index (χ3n) is 7.31. The number of pyridine rings is 1. The van der Waals surface area contributed by atoms with Crippen LogP contribution in [0.2, 0.25) is 0 Å². The molecule has 0 radical (unpaired) electrons. The number of benzene rings is 2. The van der Waals surface area contributed by atoms with Crippen molar-refractivity contribution in [1.82, 2.24) is 19.2 Å². The minimum atomic E-state index is -4.47. The van der Waals surface area contributed by atoms with Crippen molar-refractivity contribution in [1.29, 1.82) is 0 Å². The number of nitrogens with zero attached hydrogens (tertiary/aromatic N) is 4. The van der Waals surface area contributed by atoms with Crippen molar-refractivity contribution < 1.29 is 18.0 Å². The van der Waals surface area contributed by atoms with E-state index in [2.05, 4.69) is 34.2 Å². The number of halogens is 3. The summed E-state index contributed by atoms with van der Waals surface area (Å²) >= 11 is 0. The molecule has 1 unspecified atom stereocenters. The molecular formula is C31H31F3N4O. The zero-order valence-electron chi connectivity index (χ0n) is 21.8. The summed E-state index contributed by atoms with van der Waals surface area (Å²) < 4.78 is 42.5. The van der Waals surface area contributed by atoms with Gasteiger partial charge in [-0.25, -0.2) is 4.98 Å². The summed E-state index contributed by atoms with van der Waals surface area (Å²) in [6.07, 6.45) is 3.34. The maximum Gasteiger partial charge on any atom is 0.416 e. The lowest BCUT2D eigenvalue weighted by atomic mass is 9.90. The second-order valence-electron chi connectivity index (χ2n) is 9.94. The molecule has 202 valence electrons. The van der Waals surface area contributed by atoms with E-state index in [4.69, 9.17) is 0 Å². The second-order valence-corrected chi connectivity index (χ2v) is 9.94. The number of fused-ring (bicyclic) bond motifs is 1. The van der Waals surface area contributed by atoms with Gasteiger partial charge in [-0.1, -0.05) is 66.7 Å². The SMILES string of the molecule is Cc1cccn2c(C(CC(=O)N3CCN(CC=Cc4ccccc4)CC3)c3cccc(C(F)(F)F)c3)cnc12. The number of amides is 1. The van der Waals surface area contributed by atoms with Crippen molar-refractivity contribution in [2.75, 3.05) is 32.7 Å². The van der Waals surface area contributed by atoms with Gasteiger partial charge in [0.2, 0.25) is 5.91 Å². The molecule has 39 heavy (non-hydrogen) atoms. The highest BCUT2D eigenvalue weighted by Crippen LogP contribution is 2.35. The van der Waals surface area contributed by atoms with E-state index in [0.29, 0.717) is 24.3 Å². The molecule has 0 aliphatic carbocycles. The largest absolute Gasteiger partial charge is 0.416 e. The lowest BCUT2D eigenvalue weighted by Crippen LogP contribution is -2.48. The smallest absolute Gasteiger partial charge is 0.340 e. The number of imidazole rings is 1. The molecule has 1 amide bonds. The lowest BCUT2D eigenvalue weighted by molar-refractivity contribution is -0.137. The first-order valence-corrected chi connectivity index (χ1v) is 13.1. The highest BCUT2D eigenvalue weighted by molar-refractivity contribution is 5.78. The monoisotopic (exact) mass is 532 g/mol. The molecule has 2 aromatic heterocycles. The topological polar surface area (TPSA) is 40.9 Å². The maximum absolute atomic E-state index is 13.6. The third kappa shape index (κ3) is 6.23. The molecule has 1 aliphatic rings. The van der Waals surface area contributed by atoms with Crippen molar-refractivity contribution in [3.05, 3.63) is 113 Å². The predicted molar refractivity (Wildman–Crippen MR) is 146 cm³/mol. The van der Waals surface area contributed by atoms with Gasteiger partial charge in [-0.15, -0.1) is 0 Å². The molecule has 1 aliphatic heterocycles. The van der Waals surface area contributed by atoms with E-state index in [1.165, 1.54) is 6.07 Å². The number of carbonyl (C=O) groups excluding carboxylic acids is 1. The van der Waals surface area contributed by atoms with Crippen molar-refractivity contribution >= 4 is 17.6 Å². The van der Waals surface area contributed by atoms with Crippen LogP contribution in [0, 0.1) is 6.92 Å². The van der Waals surface area contributed by atoms with Gasteiger partial charge in [0.05, 0.1) is 11.3 Å². The van der Waals surface area contributed by atoms with Crippen LogP contribution in [0.25, 0.3) is 11.7 Å². The third-order valence-corrected chi connectivity index (χ3v) is 7.31. The van der Waals surface area contributed by atoms with Crippen molar-refractivity contribution in [3.8, 4) is 0 Å². The molecular weight excluding hydrogens is 501 g/mol. The molecule has 0 N–H and O–H groups in total. The minimum Gasteiger partial charge on any atom is -0.340 e. The Hall–Kier alpha value is -3.91. The van der Waals surface area contributed by atoms with Crippen LogP contribution >= 0.6 is 0 Å². The van der Waals surface area contributed by atoms with E-state index in [-0.39, 0.29) is 12.3 Å². The van der Waals surface area contributed by atoms with E-state index in [9.17, 15) is 18.0 Å². The van der Waals surface area contributed by atoms with Crippen LogP contribution in [0.3, 0.4) is 0 Å². The number of alkyl halides is 3. The van der Waals surface area contributed by atoms with Crippen LogP contribution in [0.5, 0.6) is 0 Å². The Morgan fingerprint density at radius 1 is 1.00 bits per heavy atom. The van der Waals surface area contributed by atoms with Crippen LogP contribution in [-0.4, -0.2) is 57.8 Å².